The predicted molar refractivity (Wildman–Crippen MR) is 105 cm³/mol. The van der Waals surface area contributed by atoms with Crippen molar-refractivity contribution in [1.82, 2.24) is 14.8 Å². The van der Waals surface area contributed by atoms with Crippen LogP contribution < -0.4 is 15.6 Å². The zero-order chi connectivity index (χ0) is 19.3. The van der Waals surface area contributed by atoms with Gasteiger partial charge in [-0.3, -0.25) is 9.59 Å². The largest absolute Gasteiger partial charge is 0.484 e. The highest BCUT2D eigenvalue weighted by Crippen LogP contribution is 2.27. The molecule has 0 aliphatic rings. The number of nitrogens with one attached hydrogen (secondary N) is 1. The van der Waals surface area contributed by atoms with Crippen molar-refractivity contribution >= 4 is 16.8 Å². The van der Waals surface area contributed by atoms with Crippen LogP contribution in [-0.4, -0.2) is 49.2 Å². The standard InChI is InChI=1S/C20H29N3O3/c1-6-23-18-11-15(26-13-19(24)21-9-10-22(4)5)7-8-16(18)17(14(2)3)12-20(23)25/h7-8,11-12,14H,6,9-10,13H2,1-5H3,(H,21,24). The van der Waals surface area contributed by atoms with Crippen molar-refractivity contribution < 1.29 is 9.53 Å². The van der Waals surface area contributed by atoms with E-state index >= 15 is 0 Å². The number of carbonyl (C=O) groups is 1. The van der Waals surface area contributed by atoms with Crippen LogP contribution in [0.15, 0.2) is 29.1 Å². The smallest absolute Gasteiger partial charge is 0.257 e. The van der Waals surface area contributed by atoms with E-state index in [4.69, 9.17) is 4.74 Å². The van der Waals surface area contributed by atoms with Gasteiger partial charge in [0.15, 0.2) is 6.61 Å². The number of carbonyl (C=O) groups excluding carboxylic acids is 1. The van der Waals surface area contributed by atoms with E-state index in [0.717, 1.165) is 23.0 Å². The predicted octanol–water partition coefficient (Wildman–Crippen LogP) is 2.20. The van der Waals surface area contributed by atoms with Gasteiger partial charge in [-0.25, -0.2) is 0 Å². The summed E-state index contributed by atoms with van der Waals surface area (Å²) in [6.45, 7) is 8.01. The van der Waals surface area contributed by atoms with E-state index in [0.29, 0.717) is 18.8 Å². The Morgan fingerprint density at radius 2 is 2.00 bits per heavy atom. The number of pyridine rings is 1. The first kappa shape index (κ1) is 20.0. The maximum absolute atomic E-state index is 12.4. The number of hydrogen-bond acceptors (Lipinski definition) is 4. The van der Waals surface area contributed by atoms with Crippen molar-refractivity contribution in [2.75, 3.05) is 33.8 Å². The lowest BCUT2D eigenvalue weighted by Gasteiger charge is -2.16. The summed E-state index contributed by atoms with van der Waals surface area (Å²) < 4.78 is 7.36. The summed E-state index contributed by atoms with van der Waals surface area (Å²) in [6.07, 6.45) is 0. The van der Waals surface area contributed by atoms with Gasteiger partial charge in [-0.2, -0.15) is 0 Å². The molecule has 6 nitrogen and oxygen atoms in total. The molecule has 0 saturated carbocycles. The molecule has 0 atom stereocenters. The van der Waals surface area contributed by atoms with Gasteiger partial charge in [-0.1, -0.05) is 13.8 Å². The van der Waals surface area contributed by atoms with E-state index in [9.17, 15) is 9.59 Å². The summed E-state index contributed by atoms with van der Waals surface area (Å²) in [5.74, 6) is 0.685. The second-order valence-electron chi connectivity index (χ2n) is 6.96. The number of rotatable bonds is 8. The van der Waals surface area contributed by atoms with Crippen molar-refractivity contribution in [2.24, 2.45) is 0 Å². The first-order chi connectivity index (χ1) is 12.3. The molecule has 0 spiro atoms. The molecule has 0 saturated heterocycles. The van der Waals surface area contributed by atoms with E-state index < -0.39 is 0 Å². The van der Waals surface area contributed by atoms with Crippen LogP contribution in [-0.2, 0) is 11.3 Å². The first-order valence-electron chi connectivity index (χ1n) is 9.05. The highest BCUT2D eigenvalue weighted by molar-refractivity contribution is 5.84. The number of fused-ring (bicyclic) bond motifs is 1. The van der Waals surface area contributed by atoms with E-state index in [1.54, 1.807) is 10.6 Å². The van der Waals surface area contributed by atoms with Crippen molar-refractivity contribution in [3.8, 4) is 5.75 Å². The third-order valence-electron chi connectivity index (χ3n) is 4.31. The number of likely N-dealkylation sites (N-methyl/N-ethyl adjacent to an activating group) is 1. The van der Waals surface area contributed by atoms with Crippen LogP contribution in [0.25, 0.3) is 10.9 Å². The SMILES string of the molecule is CCn1c(=O)cc(C(C)C)c2ccc(OCC(=O)NCCN(C)C)cc21. The fourth-order valence-electron chi connectivity index (χ4n) is 2.90. The van der Waals surface area contributed by atoms with Gasteiger partial charge in [0.05, 0.1) is 5.52 Å². The van der Waals surface area contributed by atoms with Crippen LogP contribution in [0.3, 0.4) is 0 Å². The topological polar surface area (TPSA) is 63.6 Å². The van der Waals surface area contributed by atoms with Crippen LogP contribution in [0.4, 0.5) is 0 Å². The molecule has 26 heavy (non-hydrogen) atoms. The van der Waals surface area contributed by atoms with E-state index in [1.807, 2.05) is 44.1 Å². The Labute approximate surface area is 154 Å². The molecule has 2 rings (SSSR count). The Morgan fingerprint density at radius 3 is 2.62 bits per heavy atom. The molecule has 142 valence electrons. The zero-order valence-electron chi connectivity index (χ0n) is 16.3. The summed E-state index contributed by atoms with van der Waals surface area (Å²) in [7, 11) is 3.91. The second kappa shape index (κ2) is 8.85. The van der Waals surface area contributed by atoms with Crippen LogP contribution in [0.5, 0.6) is 5.75 Å². The number of aryl methyl sites for hydroxylation is 1. The number of benzene rings is 1. The normalized spacial score (nSPS) is 11.3. The molecule has 0 aliphatic carbocycles. The first-order valence-corrected chi connectivity index (χ1v) is 9.05. The van der Waals surface area contributed by atoms with Gasteiger partial charge in [-0.15, -0.1) is 0 Å². The van der Waals surface area contributed by atoms with Crippen molar-refractivity contribution in [2.45, 2.75) is 33.2 Å². The Hall–Kier alpha value is -2.34. The molecule has 1 aromatic carbocycles. The lowest BCUT2D eigenvalue weighted by Crippen LogP contribution is -2.34. The second-order valence-corrected chi connectivity index (χ2v) is 6.96. The maximum Gasteiger partial charge on any atom is 0.257 e. The number of nitrogens with zero attached hydrogens (tertiary/aromatic N) is 2. The van der Waals surface area contributed by atoms with Gasteiger partial charge in [0.2, 0.25) is 0 Å². The number of ether oxygens (including phenoxy) is 1. The quantitative estimate of drug-likeness (QED) is 0.785. The lowest BCUT2D eigenvalue weighted by molar-refractivity contribution is -0.123. The fraction of sp³-hybridized carbons (Fsp3) is 0.500. The van der Waals surface area contributed by atoms with Crippen LogP contribution >= 0.6 is 0 Å². The van der Waals surface area contributed by atoms with Gasteiger partial charge >= 0.3 is 0 Å². The Kier molecular flexibility index (Phi) is 6.80. The van der Waals surface area contributed by atoms with Crippen LogP contribution in [0.2, 0.25) is 0 Å². The molecule has 0 radical (unpaired) electrons. The van der Waals surface area contributed by atoms with Gasteiger partial charge in [0.1, 0.15) is 5.75 Å². The van der Waals surface area contributed by atoms with E-state index in [-0.39, 0.29) is 24.0 Å². The van der Waals surface area contributed by atoms with E-state index in [1.165, 1.54) is 0 Å². The highest BCUT2D eigenvalue weighted by Gasteiger charge is 2.12. The van der Waals surface area contributed by atoms with Crippen LogP contribution in [0.1, 0.15) is 32.3 Å². The van der Waals surface area contributed by atoms with Gasteiger partial charge < -0.3 is 19.5 Å². The monoisotopic (exact) mass is 359 g/mol. The van der Waals surface area contributed by atoms with Crippen molar-refractivity contribution in [3.63, 3.8) is 0 Å². The molecule has 0 fully saturated rings. The van der Waals surface area contributed by atoms with Gasteiger partial charge in [0.25, 0.3) is 11.5 Å². The fourth-order valence-corrected chi connectivity index (χ4v) is 2.90. The Bertz CT molecular complexity index is 825. The summed E-state index contributed by atoms with van der Waals surface area (Å²) in [6, 6.07) is 7.38. The molecule has 2 aromatic rings. The molecule has 1 N–H and O–H groups in total. The summed E-state index contributed by atoms with van der Waals surface area (Å²) in [4.78, 5) is 26.3. The van der Waals surface area contributed by atoms with Crippen molar-refractivity contribution in [3.05, 3.63) is 40.2 Å². The molecular weight excluding hydrogens is 330 g/mol. The summed E-state index contributed by atoms with van der Waals surface area (Å²) >= 11 is 0. The molecule has 1 heterocycles. The average molecular weight is 359 g/mol. The number of amides is 1. The molecular formula is C20H29N3O3. The molecule has 6 heteroatoms. The molecule has 1 aromatic heterocycles. The summed E-state index contributed by atoms with van der Waals surface area (Å²) in [5, 5.41) is 3.86. The lowest BCUT2D eigenvalue weighted by atomic mass is 9.98. The minimum atomic E-state index is -0.157. The number of hydrogen-bond donors (Lipinski definition) is 1. The molecule has 0 bridgehead atoms. The maximum atomic E-state index is 12.4. The average Bonchev–Trinajstić information content (AvgIpc) is 2.58. The third-order valence-corrected chi connectivity index (χ3v) is 4.31. The number of aromatic nitrogens is 1. The zero-order valence-corrected chi connectivity index (χ0v) is 16.3. The van der Waals surface area contributed by atoms with Crippen molar-refractivity contribution in [1.29, 1.82) is 0 Å². The van der Waals surface area contributed by atoms with Crippen LogP contribution in [0, 0.1) is 0 Å². The van der Waals surface area contributed by atoms with Gasteiger partial charge in [0, 0.05) is 37.2 Å². The molecule has 1 amide bonds. The Balaban J connectivity index is 2.20. The van der Waals surface area contributed by atoms with E-state index in [2.05, 4.69) is 19.2 Å². The third kappa shape index (κ3) is 4.85. The minimum absolute atomic E-state index is 0.0118. The summed E-state index contributed by atoms with van der Waals surface area (Å²) in [5.41, 5.74) is 1.86. The highest BCUT2D eigenvalue weighted by atomic mass is 16.5. The Morgan fingerprint density at radius 1 is 1.27 bits per heavy atom. The molecule has 0 aliphatic heterocycles. The van der Waals surface area contributed by atoms with Gasteiger partial charge in [-0.05, 0) is 44.6 Å². The molecule has 0 unspecified atom stereocenters. The minimum Gasteiger partial charge on any atom is -0.484 e.